The molecular weight excluding hydrogens is 294 g/mol. The Morgan fingerprint density at radius 3 is 2.52 bits per heavy atom. The van der Waals surface area contributed by atoms with E-state index in [4.69, 9.17) is 14.0 Å². The van der Waals surface area contributed by atoms with E-state index in [0.29, 0.717) is 22.8 Å². The first kappa shape index (κ1) is 15.0. The fourth-order valence-corrected chi connectivity index (χ4v) is 2.55. The molecule has 0 saturated heterocycles. The van der Waals surface area contributed by atoms with Crippen LogP contribution in [0.2, 0.25) is 0 Å². The van der Waals surface area contributed by atoms with Gasteiger partial charge in [-0.1, -0.05) is 23.4 Å². The molecule has 0 radical (unpaired) electrons. The summed E-state index contributed by atoms with van der Waals surface area (Å²) < 4.78 is 16.0. The van der Waals surface area contributed by atoms with Gasteiger partial charge in [-0.05, 0) is 25.1 Å². The molecule has 120 valence electrons. The zero-order valence-corrected chi connectivity index (χ0v) is 13.2. The lowest BCUT2D eigenvalue weighted by Crippen LogP contribution is -1.90. The number of phenols is 1. The van der Waals surface area contributed by atoms with Gasteiger partial charge in [-0.25, -0.2) is 0 Å². The number of rotatable bonds is 4. The monoisotopic (exact) mass is 313 g/mol. The summed E-state index contributed by atoms with van der Waals surface area (Å²) in [5.74, 6) is 1.85. The molecule has 0 unspecified atom stereocenters. The van der Waals surface area contributed by atoms with E-state index in [1.807, 2.05) is 31.2 Å². The van der Waals surface area contributed by atoms with Crippen molar-refractivity contribution in [3.63, 3.8) is 0 Å². The summed E-state index contributed by atoms with van der Waals surface area (Å²) in [6.45, 7) is 1.86. The number of hydrogen-bond acceptors (Lipinski definition) is 5. The molecule has 0 aliphatic rings. The quantitative estimate of drug-likeness (QED) is 0.778. The normalized spacial score (nSPS) is 10.6. The molecule has 3 rings (SSSR count). The van der Waals surface area contributed by atoms with Gasteiger partial charge in [0, 0.05) is 13.1 Å². The van der Waals surface area contributed by atoms with Crippen molar-refractivity contribution in [1.82, 2.24) is 5.16 Å². The fraction of sp³-hybridized carbons (Fsp3) is 0.167. The standard InChI is InChI=1S/C18H17NO4.H2/c1-11-17(14-6-4-5-7-16(14)22-3)18(23-19-11)13-9-8-12(21-2)10-15(13)20;/h4-10,20H,1-3H3;1H. The summed E-state index contributed by atoms with van der Waals surface area (Å²) >= 11 is 0. The minimum absolute atomic E-state index is 0. The van der Waals surface area contributed by atoms with Crippen molar-refractivity contribution in [3.05, 3.63) is 48.2 Å². The Morgan fingerprint density at radius 1 is 1.04 bits per heavy atom. The highest BCUT2D eigenvalue weighted by atomic mass is 16.5. The second kappa shape index (κ2) is 6.04. The largest absolute Gasteiger partial charge is 0.507 e. The number of aromatic hydroxyl groups is 1. The highest BCUT2D eigenvalue weighted by molar-refractivity contribution is 5.86. The van der Waals surface area contributed by atoms with Gasteiger partial charge >= 0.3 is 0 Å². The van der Waals surface area contributed by atoms with Gasteiger partial charge in [0.15, 0.2) is 5.76 Å². The van der Waals surface area contributed by atoms with Crippen LogP contribution in [-0.4, -0.2) is 24.5 Å². The number of methoxy groups -OCH3 is 2. The molecule has 0 spiro atoms. The zero-order chi connectivity index (χ0) is 16.4. The number of nitrogens with zero attached hydrogens (tertiary/aromatic N) is 1. The van der Waals surface area contributed by atoms with Crippen molar-refractivity contribution in [2.45, 2.75) is 6.92 Å². The van der Waals surface area contributed by atoms with Crippen LogP contribution in [-0.2, 0) is 0 Å². The third kappa shape index (κ3) is 2.61. The van der Waals surface area contributed by atoms with Crippen molar-refractivity contribution >= 4 is 0 Å². The molecule has 0 aliphatic heterocycles. The molecule has 0 saturated carbocycles. The lowest BCUT2D eigenvalue weighted by molar-refractivity contribution is 0.405. The van der Waals surface area contributed by atoms with Crippen molar-refractivity contribution in [2.24, 2.45) is 0 Å². The van der Waals surface area contributed by atoms with E-state index >= 15 is 0 Å². The number of aromatic nitrogens is 1. The summed E-state index contributed by atoms with van der Waals surface area (Å²) in [5.41, 5.74) is 2.92. The van der Waals surface area contributed by atoms with E-state index in [2.05, 4.69) is 5.16 Å². The van der Waals surface area contributed by atoms with E-state index in [9.17, 15) is 5.11 Å². The van der Waals surface area contributed by atoms with Gasteiger partial charge in [-0.2, -0.15) is 0 Å². The Balaban J connectivity index is 0.00000208. The molecule has 1 heterocycles. The minimum Gasteiger partial charge on any atom is -0.507 e. The molecule has 1 N–H and O–H groups in total. The highest BCUT2D eigenvalue weighted by Gasteiger charge is 2.22. The smallest absolute Gasteiger partial charge is 0.178 e. The van der Waals surface area contributed by atoms with E-state index in [1.165, 1.54) is 0 Å². The first-order chi connectivity index (χ1) is 11.2. The Bertz CT molecular complexity index is 845. The second-order valence-electron chi connectivity index (χ2n) is 5.06. The molecule has 0 bridgehead atoms. The average molecular weight is 313 g/mol. The van der Waals surface area contributed by atoms with Crippen LogP contribution < -0.4 is 9.47 Å². The number of benzene rings is 2. The second-order valence-corrected chi connectivity index (χ2v) is 5.06. The fourth-order valence-electron chi connectivity index (χ4n) is 2.55. The van der Waals surface area contributed by atoms with Gasteiger partial charge in [0.05, 0.1) is 31.0 Å². The predicted octanol–water partition coefficient (Wildman–Crippen LogP) is 4.29. The number of hydrogen-bond donors (Lipinski definition) is 1. The SMILES string of the molecule is COc1ccc(-c2onc(C)c2-c2ccccc2OC)c(O)c1.[HH]. The Hall–Kier alpha value is -2.95. The van der Waals surface area contributed by atoms with Crippen molar-refractivity contribution in [2.75, 3.05) is 14.2 Å². The summed E-state index contributed by atoms with van der Waals surface area (Å²) in [6, 6.07) is 12.7. The van der Waals surface area contributed by atoms with Gasteiger partial charge in [-0.3, -0.25) is 0 Å². The first-order valence-corrected chi connectivity index (χ1v) is 7.12. The molecule has 5 nitrogen and oxygen atoms in total. The molecule has 0 amide bonds. The van der Waals surface area contributed by atoms with Gasteiger partial charge in [0.2, 0.25) is 0 Å². The summed E-state index contributed by atoms with van der Waals surface area (Å²) in [5, 5.41) is 14.3. The number of para-hydroxylation sites is 1. The zero-order valence-electron chi connectivity index (χ0n) is 13.2. The van der Waals surface area contributed by atoms with E-state index in [0.717, 1.165) is 16.8 Å². The number of aryl methyl sites for hydroxylation is 1. The van der Waals surface area contributed by atoms with Crippen LogP contribution >= 0.6 is 0 Å². The molecule has 1 aromatic heterocycles. The van der Waals surface area contributed by atoms with Crippen LogP contribution in [0.1, 0.15) is 7.12 Å². The molecule has 0 aliphatic carbocycles. The van der Waals surface area contributed by atoms with E-state index < -0.39 is 0 Å². The molecular formula is C18H19NO4. The minimum atomic E-state index is 0. The van der Waals surface area contributed by atoms with Crippen molar-refractivity contribution in [3.8, 4) is 39.7 Å². The number of phenolic OH excluding ortho intramolecular Hbond substituents is 1. The van der Waals surface area contributed by atoms with Crippen LogP contribution in [0, 0.1) is 6.92 Å². The third-order valence-electron chi connectivity index (χ3n) is 3.69. The highest BCUT2D eigenvalue weighted by Crippen LogP contribution is 2.42. The molecule has 3 aromatic rings. The summed E-state index contributed by atoms with van der Waals surface area (Å²) in [4.78, 5) is 0. The first-order valence-electron chi connectivity index (χ1n) is 7.12. The summed E-state index contributed by atoms with van der Waals surface area (Å²) in [6.07, 6.45) is 0. The molecule has 0 fully saturated rings. The van der Waals surface area contributed by atoms with Crippen LogP contribution in [0.3, 0.4) is 0 Å². The topological polar surface area (TPSA) is 64.7 Å². The van der Waals surface area contributed by atoms with Crippen LogP contribution in [0.4, 0.5) is 0 Å². The maximum absolute atomic E-state index is 10.3. The molecule has 2 aromatic carbocycles. The van der Waals surface area contributed by atoms with Crippen molar-refractivity contribution < 1.29 is 20.5 Å². The lowest BCUT2D eigenvalue weighted by atomic mass is 9.98. The van der Waals surface area contributed by atoms with Gasteiger partial charge in [0.1, 0.15) is 17.2 Å². The van der Waals surface area contributed by atoms with E-state index in [1.54, 1.807) is 32.4 Å². The maximum Gasteiger partial charge on any atom is 0.178 e. The summed E-state index contributed by atoms with van der Waals surface area (Å²) in [7, 11) is 3.17. The maximum atomic E-state index is 10.3. The van der Waals surface area contributed by atoms with E-state index in [-0.39, 0.29) is 7.18 Å². The third-order valence-corrected chi connectivity index (χ3v) is 3.69. The average Bonchev–Trinajstić information content (AvgIpc) is 2.95. The van der Waals surface area contributed by atoms with Gasteiger partial charge in [0.25, 0.3) is 0 Å². The molecule has 23 heavy (non-hydrogen) atoms. The number of ether oxygens (including phenoxy) is 2. The van der Waals surface area contributed by atoms with Gasteiger partial charge in [-0.15, -0.1) is 0 Å². The predicted molar refractivity (Wildman–Crippen MR) is 89.0 cm³/mol. The van der Waals surface area contributed by atoms with Gasteiger partial charge < -0.3 is 19.1 Å². The van der Waals surface area contributed by atoms with Crippen LogP contribution in [0.5, 0.6) is 17.2 Å². The lowest BCUT2D eigenvalue weighted by Gasteiger charge is -2.10. The van der Waals surface area contributed by atoms with Crippen LogP contribution in [0.15, 0.2) is 47.0 Å². The Kier molecular flexibility index (Phi) is 3.93. The van der Waals surface area contributed by atoms with Crippen LogP contribution in [0.25, 0.3) is 22.5 Å². The Labute approximate surface area is 135 Å². The van der Waals surface area contributed by atoms with Crippen molar-refractivity contribution in [1.29, 1.82) is 0 Å². The molecule has 0 atom stereocenters. The molecule has 5 heteroatoms. The Morgan fingerprint density at radius 2 is 1.83 bits per heavy atom.